The summed E-state index contributed by atoms with van der Waals surface area (Å²) in [5.74, 6) is 0.971. The smallest absolute Gasteiger partial charge is 0.282 e. The molecule has 188 valence electrons. The van der Waals surface area contributed by atoms with Gasteiger partial charge in [-0.05, 0) is 48.0 Å². The number of benzene rings is 4. The Hall–Kier alpha value is -5.24. The van der Waals surface area contributed by atoms with Gasteiger partial charge in [0.2, 0.25) is 0 Å². The zero-order chi connectivity index (χ0) is 26.3. The summed E-state index contributed by atoms with van der Waals surface area (Å²) in [6.45, 7) is -0.183. The Morgan fingerprint density at radius 2 is 1.63 bits per heavy atom. The maximum absolute atomic E-state index is 13.3. The minimum atomic E-state index is -0.291. The predicted octanol–water partition coefficient (Wildman–Crippen LogP) is 4.97. The van der Waals surface area contributed by atoms with E-state index in [1.165, 1.54) is 11.8 Å². The molecule has 0 saturated carbocycles. The van der Waals surface area contributed by atoms with E-state index in [0.29, 0.717) is 39.5 Å². The van der Waals surface area contributed by atoms with E-state index in [4.69, 9.17) is 14.5 Å². The van der Waals surface area contributed by atoms with Crippen LogP contribution in [0.25, 0.3) is 22.3 Å². The van der Waals surface area contributed by atoms with Crippen LogP contribution in [0.1, 0.15) is 5.56 Å². The second kappa shape index (κ2) is 11.2. The van der Waals surface area contributed by atoms with Gasteiger partial charge in [0.15, 0.2) is 23.9 Å². The summed E-state index contributed by atoms with van der Waals surface area (Å²) in [5.41, 5.74) is 2.45. The number of carbonyl (C=O) groups is 1. The van der Waals surface area contributed by atoms with E-state index in [1.54, 1.807) is 54.7 Å². The van der Waals surface area contributed by atoms with Gasteiger partial charge in [0.1, 0.15) is 0 Å². The number of rotatable bonds is 8. The number of ether oxygens (including phenoxy) is 2. The van der Waals surface area contributed by atoms with Crippen LogP contribution in [-0.2, 0) is 4.79 Å². The number of hydrogen-bond acceptors (Lipinski definition) is 6. The van der Waals surface area contributed by atoms with Gasteiger partial charge in [0.25, 0.3) is 11.5 Å². The first-order chi connectivity index (χ1) is 18.6. The minimum Gasteiger partial charge on any atom is -0.493 e. The molecule has 5 rings (SSSR count). The standard InChI is InChI=1S/C30H24N4O4/c1-37-27-18-21(16-17-26(27)38-20-28(35)32-23-12-6-3-7-13-23)19-31-34-29(22-10-4-2-5-11-22)33-25-15-9-8-14-24(25)30(34)36/h2-19H,20H2,1H3,(H,32,35). The van der Waals surface area contributed by atoms with Crippen molar-refractivity contribution in [1.29, 1.82) is 0 Å². The summed E-state index contributed by atoms with van der Waals surface area (Å²) in [6.07, 6.45) is 1.55. The molecule has 38 heavy (non-hydrogen) atoms. The number of nitrogens with zero attached hydrogens (tertiary/aromatic N) is 3. The number of fused-ring (bicyclic) bond motifs is 1. The van der Waals surface area contributed by atoms with Crippen molar-refractivity contribution in [3.05, 3.63) is 119 Å². The summed E-state index contributed by atoms with van der Waals surface area (Å²) in [7, 11) is 1.51. The normalized spacial score (nSPS) is 11.0. The van der Waals surface area contributed by atoms with Crippen molar-refractivity contribution in [2.24, 2.45) is 5.10 Å². The van der Waals surface area contributed by atoms with Gasteiger partial charge in [-0.15, -0.1) is 0 Å². The molecule has 0 atom stereocenters. The van der Waals surface area contributed by atoms with Gasteiger partial charge >= 0.3 is 0 Å². The molecule has 8 heteroatoms. The van der Waals surface area contributed by atoms with Gasteiger partial charge in [-0.25, -0.2) is 4.98 Å². The van der Waals surface area contributed by atoms with E-state index in [-0.39, 0.29) is 18.1 Å². The second-order valence-corrected chi connectivity index (χ2v) is 8.29. The fourth-order valence-corrected chi connectivity index (χ4v) is 3.87. The zero-order valence-electron chi connectivity index (χ0n) is 20.6. The number of para-hydroxylation sites is 2. The van der Waals surface area contributed by atoms with E-state index in [0.717, 1.165) is 5.56 Å². The molecule has 1 N–H and O–H groups in total. The third-order valence-electron chi connectivity index (χ3n) is 5.71. The lowest BCUT2D eigenvalue weighted by atomic mass is 10.2. The molecule has 0 aliphatic carbocycles. The molecule has 5 aromatic rings. The molecule has 0 fully saturated rings. The van der Waals surface area contributed by atoms with Gasteiger partial charge in [-0.3, -0.25) is 9.59 Å². The molecular weight excluding hydrogens is 480 g/mol. The van der Waals surface area contributed by atoms with Gasteiger partial charge in [-0.1, -0.05) is 60.7 Å². The molecule has 8 nitrogen and oxygen atoms in total. The van der Waals surface area contributed by atoms with Crippen molar-refractivity contribution in [3.8, 4) is 22.9 Å². The molecular formula is C30H24N4O4. The summed E-state index contributed by atoms with van der Waals surface area (Å²) >= 11 is 0. The SMILES string of the molecule is COc1cc(C=Nn2c(-c3ccccc3)nc3ccccc3c2=O)ccc1OCC(=O)Nc1ccccc1. The Kier molecular flexibility index (Phi) is 7.22. The molecule has 1 amide bonds. The van der Waals surface area contributed by atoms with Crippen LogP contribution in [0.3, 0.4) is 0 Å². The first-order valence-corrected chi connectivity index (χ1v) is 11.9. The lowest BCUT2D eigenvalue weighted by molar-refractivity contribution is -0.118. The van der Waals surface area contributed by atoms with Crippen LogP contribution in [0, 0.1) is 0 Å². The number of carbonyl (C=O) groups excluding carboxylic acids is 1. The quantitative estimate of drug-likeness (QED) is 0.301. The molecule has 0 radical (unpaired) electrons. The van der Waals surface area contributed by atoms with Gasteiger partial charge in [0, 0.05) is 11.3 Å². The van der Waals surface area contributed by atoms with Crippen LogP contribution in [0.15, 0.2) is 113 Å². The molecule has 1 heterocycles. The van der Waals surface area contributed by atoms with Crippen molar-refractivity contribution in [2.45, 2.75) is 0 Å². The zero-order valence-corrected chi connectivity index (χ0v) is 20.6. The maximum Gasteiger partial charge on any atom is 0.282 e. The number of methoxy groups -OCH3 is 1. The predicted molar refractivity (Wildman–Crippen MR) is 148 cm³/mol. The molecule has 0 unspecified atom stereocenters. The third-order valence-corrected chi connectivity index (χ3v) is 5.71. The number of anilines is 1. The van der Waals surface area contributed by atoms with Crippen molar-refractivity contribution in [2.75, 3.05) is 19.0 Å². The molecule has 0 spiro atoms. The van der Waals surface area contributed by atoms with Gasteiger partial charge < -0.3 is 14.8 Å². The fraction of sp³-hybridized carbons (Fsp3) is 0.0667. The van der Waals surface area contributed by atoms with Crippen LogP contribution in [-0.4, -0.2) is 35.5 Å². The van der Waals surface area contributed by atoms with E-state index >= 15 is 0 Å². The summed E-state index contributed by atoms with van der Waals surface area (Å²) in [5, 5.41) is 7.73. The van der Waals surface area contributed by atoms with E-state index in [1.807, 2.05) is 54.6 Å². The molecule has 1 aromatic heterocycles. The lowest BCUT2D eigenvalue weighted by Crippen LogP contribution is -2.20. The van der Waals surface area contributed by atoms with Crippen molar-refractivity contribution >= 4 is 28.7 Å². The highest BCUT2D eigenvalue weighted by molar-refractivity contribution is 5.92. The van der Waals surface area contributed by atoms with E-state index in [9.17, 15) is 9.59 Å². The first-order valence-electron chi connectivity index (χ1n) is 11.9. The Morgan fingerprint density at radius 3 is 2.39 bits per heavy atom. The summed E-state index contributed by atoms with van der Waals surface area (Å²) in [4.78, 5) is 30.3. The van der Waals surface area contributed by atoms with E-state index < -0.39 is 0 Å². The Bertz CT molecular complexity index is 1670. The maximum atomic E-state index is 13.3. The highest BCUT2D eigenvalue weighted by atomic mass is 16.5. The highest BCUT2D eigenvalue weighted by Crippen LogP contribution is 2.28. The average Bonchev–Trinajstić information content (AvgIpc) is 2.96. The van der Waals surface area contributed by atoms with E-state index in [2.05, 4.69) is 10.4 Å². The minimum absolute atomic E-state index is 0.183. The molecule has 0 aliphatic heterocycles. The largest absolute Gasteiger partial charge is 0.493 e. The van der Waals surface area contributed by atoms with Crippen LogP contribution in [0.4, 0.5) is 5.69 Å². The fourth-order valence-electron chi connectivity index (χ4n) is 3.87. The topological polar surface area (TPSA) is 94.8 Å². The molecule has 0 saturated heterocycles. The van der Waals surface area contributed by atoms with Gasteiger partial charge in [0.05, 0.1) is 24.2 Å². The Morgan fingerprint density at radius 1 is 0.921 bits per heavy atom. The molecule has 4 aromatic carbocycles. The number of nitrogens with one attached hydrogen (secondary N) is 1. The lowest BCUT2D eigenvalue weighted by Gasteiger charge is -2.12. The van der Waals surface area contributed by atoms with Crippen molar-refractivity contribution < 1.29 is 14.3 Å². The molecule has 0 bridgehead atoms. The summed E-state index contributed by atoms with van der Waals surface area (Å²) < 4.78 is 12.4. The first kappa shape index (κ1) is 24.5. The van der Waals surface area contributed by atoms with Crippen LogP contribution < -0.4 is 20.3 Å². The molecule has 0 aliphatic rings. The monoisotopic (exact) mass is 504 g/mol. The van der Waals surface area contributed by atoms with Crippen molar-refractivity contribution in [3.63, 3.8) is 0 Å². The van der Waals surface area contributed by atoms with Crippen LogP contribution in [0.2, 0.25) is 0 Å². The van der Waals surface area contributed by atoms with Crippen LogP contribution >= 0.6 is 0 Å². The third kappa shape index (κ3) is 5.44. The number of hydrogen-bond donors (Lipinski definition) is 1. The second-order valence-electron chi connectivity index (χ2n) is 8.29. The Labute approximate surface area is 218 Å². The van der Waals surface area contributed by atoms with Crippen LogP contribution in [0.5, 0.6) is 11.5 Å². The van der Waals surface area contributed by atoms with Gasteiger partial charge in [-0.2, -0.15) is 9.78 Å². The number of amides is 1. The Balaban J connectivity index is 1.40. The number of aromatic nitrogens is 2. The highest BCUT2D eigenvalue weighted by Gasteiger charge is 2.13. The summed E-state index contributed by atoms with van der Waals surface area (Å²) in [6, 6.07) is 30.9. The van der Waals surface area contributed by atoms with Crippen molar-refractivity contribution in [1.82, 2.24) is 9.66 Å². The average molecular weight is 505 g/mol.